The molecule has 0 aliphatic rings. The number of rotatable bonds is 49. The Labute approximate surface area is 400 Å². The van der Waals surface area contributed by atoms with Crippen molar-refractivity contribution in [2.24, 2.45) is 0 Å². The van der Waals surface area contributed by atoms with Crippen molar-refractivity contribution in [2.45, 2.75) is 283 Å². The molecule has 378 valence electrons. The third kappa shape index (κ3) is 49.0. The molecule has 2 unspecified atom stereocenters. The van der Waals surface area contributed by atoms with E-state index >= 15 is 0 Å². The first kappa shape index (κ1) is 62.3. The molecule has 8 heteroatoms. The molecule has 8 nitrogen and oxygen atoms in total. The molecule has 0 aliphatic carbocycles. The zero-order valence-electron chi connectivity index (χ0n) is 42.5. The summed E-state index contributed by atoms with van der Waals surface area (Å²) in [5.74, 6) is -0.971. The second-order valence-electron chi connectivity index (χ2n) is 18.5. The van der Waals surface area contributed by atoms with Crippen LogP contribution in [0.4, 0.5) is 0 Å². The number of allylic oxidation sites excluding steroid dienone is 6. The lowest BCUT2D eigenvalue weighted by Crippen LogP contribution is -2.30. The molecule has 0 aromatic heterocycles. The number of aliphatic hydroxyl groups excluding tert-OH is 2. The van der Waals surface area contributed by atoms with E-state index in [1.807, 2.05) is 0 Å². The van der Waals surface area contributed by atoms with Gasteiger partial charge in [-0.3, -0.25) is 14.4 Å². The van der Waals surface area contributed by atoms with Gasteiger partial charge >= 0.3 is 17.9 Å². The molecule has 0 fully saturated rings. The molecule has 0 amide bonds. The summed E-state index contributed by atoms with van der Waals surface area (Å²) in [5.41, 5.74) is 0. The average molecular weight is 915 g/mol. The Kier molecular flexibility index (Phi) is 48.6. The van der Waals surface area contributed by atoms with Gasteiger partial charge in [0.05, 0.1) is 12.2 Å². The molecular formula is C57H102O8. The van der Waals surface area contributed by atoms with Crippen molar-refractivity contribution >= 4 is 17.9 Å². The third-order valence-corrected chi connectivity index (χ3v) is 11.9. The lowest BCUT2D eigenvalue weighted by molar-refractivity contribution is -0.167. The Hall–Kier alpha value is -2.71. The van der Waals surface area contributed by atoms with Gasteiger partial charge in [-0.2, -0.15) is 0 Å². The van der Waals surface area contributed by atoms with Crippen LogP contribution in [0, 0.1) is 0 Å². The highest BCUT2D eigenvalue weighted by Gasteiger charge is 2.19. The molecule has 0 aliphatic heterocycles. The molecule has 0 radical (unpaired) electrons. The summed E-state index contributed by atoms with van der Waals surface area (Å²) in [4.78, 5) is 38.1. The van der Waals surface area contributed by atoms with Crippen LogP contribution in [0.25, 0.3) is 0 Å². The molecule has 0 rings (SSSR count). The summed E-state index contributed by atoms with van der Waals surface area (Å²) in [6, 6.07) is 0. The first-order chi connectivity index (χ1) is 31.8. The lowest BCUT2D eigenvalue weighted by Gasteiger charge is -2.18. The number of ether oxygens (including phenoxy) is 3. The Morgan fingerprint density at radius 2 is 0.708 bits per heavy atom. The second-order valence-corrected chi connectivity index (χ2v) is 18.5. The number of unbranched alkanes of at least 4 members (excludes halogenated alkanes) is 24. The van der Waals surface area contributed by atoms with Crippen LogP contribution in [0.2, 0.25) is 0 Å². The van der Waals surface area contributed by atoms with Crippen molar-refractivity contribution in [1.82, 2.24) is 0 Å². The van der Waals surface area contributed by atoms with Gasteiger partial charge < -0.3 is 24.4 Å². The summed E-state index contributed by atoms with van der Waals surface area (Å²) in [6.45, 7) is 6.31. The Bertz CT molecular complexity index is 1120. The Morgan fingerprint density at radius 1 is 0.385 bits per heavy atom. The number of aliphatic hydroxyl groups is 2. The molecule has 0 bridgehead atoms. The first-order valence-corrected chi connectivity index (χ1v) is 27.3. The van der Waals surface area contributed by atoms with Crippen molar-refractivity contribution < 1.29 is 38.8 Å². The quantitative estimate of drug-likeness (QED) is 0.0268. The molecule has 0 heterocycles. The predicted molar refractivity (Wildman–Crippen MR) is 273 cm³/mol. The van der Waals surface area contributed by atoms with E-state index < -0.39 is 6.10 Å². The number of esters is 3. The molecule has 0 aromatic rings. The van der Waals surface area contributed by atoms with Crippen molar-refractivity contribution in [1.29, 1.82) is 0 Å². The summed E-state index contributed by atoms with van der Waals surface area (Å²) >= 11 is 0. The van der Waals surface area contributed by atoms with E-state index in [-0.39, 0.29) is 43.3 Å². The van der Waals surface area contributed by atoms with Gasteiger partial charge in [-0.1, -0.05) is 191 Å². The fourth-order valence-corrected chi connectivity index (χ4v) is 7.65. The van der Waals surface area contributed by atoms with Crippen LogP contribution in [-0.2, 0) is 28.6 Å². The fraction of sp³-hybridized carbons (Fsp3) is 0.807. The van der Waals surface area contributed by atoms with Crippen molar-refractivity contribution in [3.8, 4) is 0 Å². The Balaban J connectivity index is 4.45. The van der Waals surface area contributed by atoms with E-state index in [1.54, 1.807) is 0 Å². The van der Waals surface area contributed by atoms with Crippen LogP contribution >= 0.6 is 0 Å². The topological polar surface area (TPSA) is 119 Å². The lowest BCUT2D eigenvalue weighted by atomic mass is 10.1. The summed E-state index contributed by atoms with van der Waals surface area (Å²) in [6.07, 6.45) is 54.4. The average Bonchev–Trinajstić information content (AvgIpc) is 3.30. The number of hydrogen-bond acceptors (Lipinski definition) is 8. The largest absolute Gasteiger partial charge is 0.462 e. The molecule has 2 atom stereocenters. The van der Waals surface area contributed by atoms with Gasteiger partial charge in [0.1, 0.15) is 13.2 Å². The molecule has 65 heavy (non-hydrogen) atoms. The van der Waals surface area contributed by atoms with Gasteiger partial charge in [-0.15, -0.1) is 0 Å². The number of carbonyl (C=O) groups excluding carboxylic acids is 3. The van der Waals surface area contributed by atoms with E-state index in [0.717, 1.165) is 173 Å². The molecule has 0 saturated carbocycles. The molecule has 2 N–H and O–H groups in total. The van der Waals surface area contributed by atoms with Crippen LogP contribution in [0.1, 0.15) is 265 Å². The first-order valence-electron chi connectivity index (χ1n) is 27.3. The minimum atomic E-state index is -0.810. The summed E-state index contributed by atoms with van der Waals surface area (Å²) in [7, 11) is 0. The van der Waals surface area contributed by atoms with Crippen LogP contribution in [0.3, 0.4) is 0 Å². The van der Waals surface area contributed by atoms with Crippen LogP contribution < -0.4 is 0 Å². The van der Waals surface area contributed by atoms with Gasteiger partial charge in [-0.05, 0) is 103 Å². The minimum absolute atomic E-state index is 0.108. The summed E-state index contributed by atoms with van der Waals surface area (Å²) in [5, 5.41) is 19.9. The second kappa shape index (κ2) is 50.7. The highest BCUT2D eigenvalue weighted by Crippen LogP contribution is 2.15. The van der Waals surface area contributed by atoms with Gasteiger partial charge in [-0.25, -0.2) is 0 Å². The van der Waals surface area contributed by atoms with Crippen LogP contribution in [0.5, 0.6) is 0 Å². The molecule has 0 aromatic carbocycles. The fourth-order valence-electron chi connectivity index (χ4n) is 7.65. The molecule has 0 spiro atoms. The maximum Gasteiger partial charge on any atom is 0.306 e. The van der Waals surface area contributed by atoms with Crippen molar-refractivity contribution in [3.63, 3.8) is 0 Å². The highest BCUT2D eigenvalue weighted by atomic mass is 16.6. The predicted octanol–water partition coefficient (Wildman–Crippen LogP) is 15.8. The zero-order chi connectivity index (χ0) is 47.5. The van der Waals surface area contributed by atoms with Crippen LogP contribution in [0.15, 0.2) is 48.6 Å². The molecular weight excluding hydrogens is 813 g/mol. The zero-order valence-corrected chi connectivity index (χ0v) is 42.5. The third-order valence-electron chi connectivity index (χ3n) is 11.9. The Morgan fingerprint density at radius 3 is 1.09 bits per heavy atom. The maximum absolute atomic E-state index is 12.8. The smallest absolute Gasteiger partial charge is 0.306 e. The van der Waals surface area contributed by atoms with E-state index in [4.69, 9.17) is 14.2 Å². The number of carbonyl (C=O) groups is 3. The van der Waals surface area contributed by atoms with E-state index in [2.05, 4.69) is 69.4 Å². The van der Waals surface area contributed by atoms with Crippen LogP contribution in [-0.4, -0.2) is 59.6 Å². The number of hydrogen-bond donors (Lipinski definition) is 2. The summed E-state index contributed by atoms with van der Waals surface area (Å²) < 4.78 is 16.8. The normalized spacial score (nSPS) is 13.4. The standard InChI is InChI=1S/C57H102O8/c1-4-7-10-11-12-13-14-15-16-17-18-27-32-37-42-49-57(62)65-54(50-63-55(60)47-40-35-30-25-21-19-23-28-33-38-45-52(58)43-8-5-2)51-64-56(61)48-41-36-31-26-22-20-24-29-34-39-46-53(59)44-9-6-3/h12-13,15-16,33-34,38-39,52-54,58-59H,4-11,14,17-32,35-37,40-51H2,1-3H3/b13-12+,16-15+,38-33-,39-34-. The van der Waals surface area contributed by atoms with Crippen molar-refractivity contribution in [2.75, 3.05) is 13.2 Å². The van der Waals surface area contributed by atoms with Gasteiger partial charge in [0.15, 0.2) is 6.10 Å². The van der Waals surface area contributed by atoms with E-state index in [9.17, 15) is 24.6 Å². The monoisotopic (exact) mass is 915 g/mol. The van der Waals surface area contributed by atoms with Gasteiger partial charge in [0, 0.05) is 19.3 Å². The van der Waals surface area contributed by atoms with E-state index in [0.29, 0.717) is 19.3 Å². The van der Waals surface area contributed by atoms with E-state index in [1.165, 1.54) is 51.4 Å². The van der Waals surface area contributed by atoms with Gasteiger partial charge in [0.25, 0.3) is 0 Å². The maximum atomic E-state index is 12.8. The van der Waals surface area contributed by atoms with Crippen molar-refractivity contribution in [3.05, 3.63) is 48.6 Å². The minimum Gasteiger partial charge on any atom is -0.462 e. The molecule has 0 saturated heterocycles. The SMILES string of the molecule is CCCCC/C=C/C/C=C/CCCCCCCC(=O)OC(COC(=O)CCCCCCCCC/C=C\CC(O)CCCC)COC(=O)CCCCCCCCC/C=C\CC(O)CCCC. The highest BCUT2D eigenvalue weighted by molar-refractivity contribution is 5.71. The van der Waals surface area contributed by atoms with Gasteiger partial charge in [0.2, 0.25) is 0 Å².